The van der Waals surface area contributed by atoms with Crippen LogP contribution in [0, 0.1) is 5.92 Å². The number of carbonyl (C=O) groups is 1. The van der Waals surface area contributed by atoms with Crippen molar-refractivity contribution in [3.63, 3.8) is 0 Å². The highest BCUT2D eigenvalue weighted by atomic mass is 32.2. The van der Waals surface area contributed by atoms with Crippen molar-refractivity contribution in [2.24, 2.45) is 11.7 Å². The van der Waals surface area contributed by atoms with E-state index in [-0.39, 0.29) is 17.6 Å². The zero-order valence-electron chi connectivity index (χ0n) is 11.6. The molecule has 0 spiro atoms. The highest BCUT2D eigenvalue weighted by Gasteiger charge is 2.17. The van der Waals surface area contributed by atoms with E-state index >= 15 is 0 Å². The first-order valence-electron chi connectivity index (χ1n) is 6.19. The van der Waals surface area contributed by atoms with E-state index < -0.39 is 16.1 Å². The predicted molar refractivity (Wildman–Crippen MR) is 72.5 cm³/mol. The summed E-state index contributed by atoms with van der Waals surface area (Å²) >= 11 is 0. The second-order valence-electron chi connectivity index (χ2n) is 4.64. The third-order valence-corrected chi connectivity index (χ3v) is 4.67. The molecule has 0 saturated heterocycles. The zero-order chi connectivity index (χ0) is 14.3. The van der Waals surface area contributed by atoms with Crippen LogP contribution in [0.25, 0.3) is 0 Å². The zero-order valence-corrected chi connectivity index (χ0v) is 12.5. The fraction of sp³-hybridized carbons (Fsp3) is 0.909. The molecule has 0 aliphatic heterocycles. The lowest BCUT2D eigenvalue weighted by Gasteiger charge is -2.17. The molecular weight excluding hydrogens is 254 g/mol. The maximum atomic E-state index is 11.5. The molecule has 0 aliphatic rings. The molecule has 108 valence electrons. The molecule has 0 aromatic rings. The number of amides is 1. The van der Waals surface area contributed by atoms with Gasteiger partial charge in [0.15, 0.2) is 0 Å². The van der Waals surface area contributed by atoms with E-state index in [1.165, 1.54) is 4.31 Å². The fourth-order valence-corrected chi connectivity index (χ4v) is 2.14. The van der Waals surface area contributed by atoms with Gasteiger partial charge in [-0.15, -0.1) is 0 Å². The number of sulfonamides is 1. The van der Waals surface area contributed by atoms with Gasteiger partial charge in [-0.1, -0.05) is 13.8 Å². The van der Waals surface area contributed by atoms with Gasteiger partial charge in [0, 0.05) is 20.1 Å². The van der Waals surface area contributed by atoms with Crippen LogP contribution in [0.2, 0.25) is 0 Å². The average Bonchev–Trinajstić information content (AvgIpc) is 2.32. The molecule has 0 radical (unpaired) electrons. The van der Waals surface area contributed by atoms with Gasteiger partial charge in [0.2, 0.25) is 15.9 Å². The van der Waals surface area contributed by atoms with Crippen molar-refractivity contribution in [1.29, 1.82) is 0 Å². The van der Waals surface area contributed by atoms with Crippen LogP contribution in [-0.4, -0.2) is 50.6 Å². The van der Waals surface area contributed by atoms with Crippen molar-refractivity contribution < 1.29 is 13.2 Å². The molecule has 7 heteroatoms. The van der Waals surface area contributed by atoms with Crippen LogP contribution >= 0.6 is 0 Å². The lowest BCUT2D eigenvalue weighted by Crippen LogP contribution is -2.44. The van der Waals surface area contributed by atoms with E-state index in [1.54, 1.807) is 14.0 Å². The van der Waals surface area contributed by atoms with Gasteiger partial charge >= 0.3 is 0 Å². The molecule has 1 atom stereocenters. The normalized spacial score (nSPS) is 13.9. The fourth-order valence-electron chi connectivity index (χ4n) is 1.29. The van der Waals surface area contributed by atoms with Crippen molar-refractivity contribution in [2.45, 2.75) is 33.2 Å². The SMILES string of the molecule is CCS(=O)(=O)N(C)CCCNC(=O)[C@@H](N)C(C)C. The maximum absolute atomic E-state index is 11.5. The van der Waals surface area contributed by atoms with Crippen LogP contribution in [-0.2, 0) is 14.8 Å². The van der Waals surface area contributed by atoms with E-state index in [9.17, 15) is 13.2 Å². The number of nitrogens with zero attached hydrogens (tertiary/aromatic N) is 1. The Morgan fingerprint density at radius 1 is 1.39 bits per heavy atom. The van der Waals surface area contributed by atoms with E-state index in [4.69, 9.17) is 5.73 Å². The number of hydrogen-bond donors (Lipinski definition) is 2. The Balaban J connectivity index is 3.92. The van der Waals surface area contributed by atoms with Crippen molar-refractivity contribution in [1.82, 2.24) is 9.62 Å². The van der Waals surface area contributed by atoms with Gasteiger partial charge in [0.05, 0.1) is 11.8 Å². The van der Waals surface area contributed by atoms with E-state index in [0.29, 0.717) is 19.5 Å². The smallest absolute Gasteiger partial charge is 0.237 e. The molecule has 0 aromatic carbocycles. The molecule has 1 amide bonds. The lowest BCUT2D eigenvalue weighted by atomic mass is 10.1. The van der Waals surface area contributed by atoms with E-state index in [0.717, 1.165) is 0 Å². The number of nitrogens with two attached hydrogens (primary N) is 1. The molecule has 0 rings (SSSR count). The first-order chi connectivity index (χ1) is 8.22. The Morgan fingerprint density at radius 2 is 1.94 bits per heavy atom. The Kier molecular flexibility index (Phi) is 7.42. The van der Waals surface area contributed by atoms with Crippen LogP contribution in [0.5, 0.6) is 0 Å². The largest absolute Gasteiger partial charge is 0.355 e. The topological polar surface area (TPSA) is 92.5 Å². The molecule has 0 bridgehead atoms. The minimum Gasteiger partial charge on any atom is -0.355 e. The van der Waals surface area contributed by atoms with Crippen LogP contribution in [0.15, 0.2) is 0 Å². The first-order valence-corrected chi connectivity index (χ1v) is 7.80. The predicted octanol–water partition coefficient (Wildman–Crippen LogP) is -0.242. The Hall–Kier alpha value is -0.660. The summed E-state index contributed by atoms with van der Waals surface area (Å²) in [6, 6.07) is -0.512. The maximum Gasteiger partial charge on any atom is 0.237 e. The summed E-state index contributed by atoms with van der Waals surface area (Å²) in [5.74, 6) is -0.00666. The minimum absolute atomic E-state index is 0.0909. The molecule has 0 heterocycles. The molecule has 6 nitrogen and oxygen atoms in total. The van der Waals surface area contributed by atoms with Gasteiger partial charge < -0.3 is 11.1 Å². The monoisotopic (exact) mass is 279 g/mol. The number of hydrogen-bond acceptors (Lipinski definition) is 4. The third-order valence-electron chi connectivity index (χ3n) is 2.81. The van der Waals surface area contributed by atoms with Crippen LogP contribution < -0.4 is 11.1 Å². The lowest BCUT2D eigenvalue weighted by molar-refractivity contribution is -0.123. The molecule has 0 fully saturated rings. The summed E-state index contributed by atoms with van der Waals surface area (Å²) in [4.78, 5) is 11.5. The summed E-state index contributed by atoms with van der Waals surface area (Å²) in [6.07, 6.45) is 0.576. The summed E-state index contributed by atoms with van der Waals surface area (Å²) in [6.45, 7) is 6.20. The quantitative estimate of drug-likeness (QED) is 0.600. The summed E-state index contributed by atoms with van der Waals surface area (Å²) < 4.78 is 24.2. The molecule has 0 saturated carbocycles. The van der Waals surface area contributed by atoms with Gasteiger partial charge in [-0.3, -0.25) is 4.79 Å². The van der Waals surface area contributed by atoms with Gasteiger partial charge in [-0.25, -0.2) is 12.7 Å². The Labute approximate surface area is 110 Å². The van der Waals surface area contributed by atoms with Crippen LogP contribution in [0.4, 0.5) is 0 Å². The highest BCUT2D eigenvalue weighted by molar-refractivity contribution is 7.89. The van der Waals surface area contributed by atoms with E-state index in [1.807, 2.05) is 13.8 Å². The third kappa shape index (κ3) is 5.79. The number of nitrogens with one attached hydrogen (secondary N) is 1. The summed E-state index contributed by atoms with van der Waals surface area (Å²) in [5, 5.41) is 2.70. The highest BCUT2D eigenvalue weighted by Crippen LogP contribution is 1.99. The average molecular weight is 279 g/mol. The first kappa shape index (κ1) is 17.3. The van der Waals surface area contributed by atoms with Crippen LogP contribution in [0.3, 0.4) is 0 Å². The molecular formula is C11H25N3O3S. The van der Waals surface area contributed by atoms with Gasteiger partial charge in [0.25, 0.3) is 0 Å². The molecule has 0 unspecified atom stereocenters. The number of carbonyl (C=O) groups excluding carboxylic acids is 1. The van der Waals surface area contributed by atoms with Crippen molar-refractivity contribution in [3.05, 3.63) is 0 Å². The minimum atomic E-state index is -3.13. The Bertz CT molecular complexity index is 355. The standard InChI is InChI=1S/C11H25N3O3S/c1-5-18(16,17)14(4)8-6-7-13-11(15)10(12)9(2)3/h9-10H,5-8,12H2,1-4H3,(H,13,15)/t10-/m0/s1. The van der Waals surface area contributed by atoms with Gasteiger partial charge in [0.1, 0.15) is 0 Å². The molecule has 0 aliphatic carbocycles. The summed E-state index contributed by atoms with van der Waals surface area (Å²) in [5.41, 5.74) is 5.67. The second kappa shape index (κ2) is 7.70. The van der Waals surface area contributed by atoms with Crippen LogP contribution in [0.1, 0.15) is 27.2 Å². The summed E-state index contributed by atoms with van der Waals surface area (Å²) in [7, 11) is -1.59. The number of rotatable bonds is 8. The van der Waals surface area contributed by atoms with E-state index in [2.05, 4.69) is 5.32 Å². The molecule has 0 aromatic heterocycles. The van der Waals surface area contributed by atoms with Crippen molar-refractivity contribution in [2.75, 3.05) is 25.9 Å². The second-order valence-corrected chi connectivity index (χ2v) is 7.00. The van der Waals surface area contributed by atoms with Gasteiger partial charge in [-0.2, -0.15) is 0 Å². The van der Waals surface area contributed by atoms with Crippen molar-refractivity contribution >= 4 is 15.9 Å². The Morgan fingerprint density at radius 3 is 2.39 bits per heavy atom. The molecule has 18 heavy (non-hydrogen) atoms. The van der Waals surface area contributed by atoms with Crippen molar-refractivity contribution in [3.8, 4) is 0 Å². The molecule has 3 N–H and O–H groups in total. The van der Waals surface area contributed by atoms with Gasteiger partial charge in [-0.05, 0) is 19.3 Å².